The molecule has 1 aliphatic carbocycles. The third-order valence-electron chi connectivity index (χ3n) is 7.65. The van der Waals surface area contributed by atoms with E-state index in [2.05, 4.69) is 30.8 Å². The molecule has 3 fully saturated rings. The molecule has 14 nitrogen and oxygen atoms in total. The SMILES string of the molecule is CC(=O)N1CCN(c2nc(Nc3cc(C4CC4)[nH]n3)nc(N3CCC[C@@]3(C)C(=O)Nc3cnccn3)n2)CC1. The molecule has 3 aliphatic rings. The van der Waals surface area contributed by atoms with E-state index >= 15 is 0 Å². The molecule has 0 radical (unpaired) electrons. The molecule has 2 saturated heterocycles. The summed E-state index contributed by atoms with van der Waals surface area (Å²) in [6.07, 6.45) is 8.37. The number of aromatic nitrogens is 7. The number of nitrogens with zero attached hydrogens (tertiary/aromatic N) is 9. The summed E-state index contributed by atoms with van der Waals surface area (Å²) in [6.45, 7) is 6.46. The highest BCUT2D eigenvalue weighted by atomic mass is 16.2. The number of carbonyl (C=O) groups excluding carboxylic acids is 2. The molecule has 0 aromatic carbocycles. The topological polar surface area (TPSA) is 161 Å². The minimum atomic E-state index is -0.897. The molecule has 3 aromatic heterocycles. The van der Waals surface area contributed by atoms with Crippen molar-refractivity contribution in [1.29, 1.82) is 0 Å². The van der Waals surface area contributed by atoms with Crippen molar-refractivity contribution >= 4 is 41.3 Å². The number of anilines is 5. The number of hydrogen-bond donors (Lipinski definition) is 3. The number of amides is 2. The predicted octanol–water partition coefficient (Wildman–Crippen LogP) is 1.67. The Morgan fingerprint density at radius 1 is 1.03 bits per heavy atom. The number of nitrogens with one attached hydrogen (secondary N) is 3. The Hall–Kier alpha value is -4.36. The van der Waals surface area contributed by atoms with Crippen LogP contribution in [0.2, 0.25) is 0 Å². The number of piperazine rings is 1. The van der Waals surface area contributed by atoms with Crippen LogP contribution in [0.25, 0.3) is 0 Å². The van der Waals surface area contributed by atoms with Gasteiger partial charge in [0.2, 0.25) is 23.8 Å². The lowest BCUT2D eigenvalue weighted by atomic mass is 9.98. The molecule has 0 unspecified atom stereocenters. The van der Waals surface area contributed by atoms with Crippen molar-refractivity contribution in [3.63, 3.8) is 0 Å². The molecule has 5 heterocycles. The van der Waals surface area contributed by atoms with Crippen LogP contribution in [0.4, 0.5) is 29.5 Å². The van der Waals surface area contributed by atoms with Gasteiger partial charge >= 0.3 is 0 Å². The number of rotatable bonds is 7. The molecule has 2 amide bonds. The first-order chi connectivity index (χ1) is 18.9. The molecule has 3 N–H and O–H groups in total. The first-order valence-electron chi connectivity index (χ1n) is 13.3. The summed E-state index contributed by atoms with van der Waals surface area (Å²) in [4.78, 5) is 53.6. The van der Waals surface area contributed by atoms with Gasteiger partial charge in [-0.25, -0.2) is 4.98 Å². The fraction of sp³-hybridized carbons (Fsp3) is 0.520. The number of H-pyrrole nitrogens is 1. The zero-order chi connectivity index (χ0) is 27.0. The van der Waals surface area contributed by atoms with Crippen LogP contribution in [0, 0.1) is 0 Å². The van der Waals surface area contributed by atoms with E-state index in [1.165, 1.54) is 12.4 Å². The Kier molecular flexibility index (Phi) is 6.45. The summed E-state index contributed by atoms with van der Waals surface area (Å²) in [6, 6.07) is 1.99. The second kappa shape index (κ2) is 10.1. The fourth-order valence-corrected chi connectivity index (χ4v) is 5.15. The van der Waals surface area contributed by atoms with Crippen molar-refractivity contribution < 1.29 is 9.59 Å². The second-order valence-corrected chi connectivity index (χ2v) is 10.4. The van der Waals surface area contributed by atoms with E-state index in [1.807, 2.05) is 27.7 Å². The summed E-state index contributed by atoms with van der Waals surface area (Å²) in [5.41, 5.74) is 0.201. The molecule has 14 heteroatoms. The molecule has 2 aliphatic heterocycles. The molecular weight excluding hydrogens is 500 g/mol. The van der Waals surface area contributed by atoms with E-state index in [0.29, 0.717) is 74.5 Å². The van der Waals surface area contributed by atoms with Gasteiger partial charge in [0.15, 0.2) is 11.6 Å². The number of hydrogen-bond acceptors (Lipinski definition) is 11. The molecule has 204 valence electrons. The maximum Gasteiger partial charge on any atom is 0.251 e. The minimum Gasteiger partial charge on any atom is -0.339 e. The standard InChI is InChI=1S/C25H32N12O2/c1-16(38)35-10-12-36(13-11-35)23-30-22(29-19-14-18(33-34-19)17-4-5-17)31-24(32-23)37-9-3-6-25(37,2)21(39)28-20-15-26-7-8-27-20/h7-8,14-15,17H,3-6,9-13H2,1-2H3,(H,27,28,39)(H2,29,30,31,32,33,34)/t25-/m0/s1. The molecule has 0 bridgehead atoms. The molecule has 6 rings (SSSR count). The van der Waals surface area contributed by atoms with Gasteiger partial charge in [0.25, 0.3) is 5.91 Å². The Balaban J connectivity index is 1.30. The number of aromatic amines is 1. The minimum absolute atomic E-state index is 0.0558. The van der Waals surface area contributed by atoms with Crippen LogP contribution in [-0.2, 0) is 9.59 Å². The monoisotopic (exact) mass is 532 g/mol. The molecule has 39 heavy (non-hydrogen) atoms. The largest absolute Gasteiger partial charge is 0.339 e. The highest BCUT2D eigenvalue weighted by Gasteiger charge is 2.45. The summed E-state index contributed by atoms with van der Waals surface area (Å²) in [7, 11) is 0. The van der Waals surface area contributed by atoms with Crippen molar-refractivity contribution in [2.75, 3.05) is 53.2 Å². The van der Waals surface area contributed by atoms with E-state index < -0.39 is 5.54 Å². The summed E-state index contributed by atoms with van der Waals surface area (Å²) < 4.78 is 0. The Morgan fingerprint density at radius 3 is 2.54 bits per heavy atom. The van der Waals surface area contributed by atoms with E-state index in [0.717, 1.165) is 25.0 Å². The third-order valence-corrected chi connectivity index (χ3v) is 7.65. The van der Waals surface area contributed by atoms with Crippen LogP contribution in [0.15, 0.2) is 24.7 Å². The molecular formula is C25H32N12O2. The van der Waals surface area contributed by atoms with Crippen LogP contribution in [0.1, 0.15) is 51.1 Å². The van der Waals surface area contributed by atoms with Gasteiger partial charge in [-0.1, -0.05) is 0 Å². The van der Waals surface area contributed by atoms with Crippen molar-refractivity contribution in [2.24, 2.45) is 0 Å². The van der Waals surface area contributed by atoms with Gasteiger partial charge in [0.1, 0.15) is 5.54 Å². The van der Waals surface area contributed by atoms with Gasteiger partial charge in [-0.05, 0) is 32.6 Å². The highest BCUT2D eigenvalue weighted by Crippen LogP contribution is 2.40. The van der Waals surface area contributed by atoms with Gasteiger partial charge in [0.05, 0.1) is 6.20 Å². The smallest absolute Gasteiger partial charge is 0.251 e. The molecule has 0 spiro atoms. The first-order valence-corrected chi connectivity index (χ1v) is 13.3. The van der Waals surface area contributed by atoms with Gasteiger partial charge in [0, 0.05) is 69.7 Å². The average Bonchev–Trinajstić information content (AvgIpc) is 3.56. The zero-order valence-corrected chi connectivity index (χ0v) is 22.1. The van der Waals surface area contributed by atoms with Gasteiger partial charge in [-0.3, -0.25) is 19.7 Å². The lowest BCUT2D eigenvalue weighted by molar-refractivity contribution is -0.129. The fourth-order valence-electron chi connectivity index (χ4n) is 5.15. The van der Waals surface area contributed by atoms with Gasteiger partial charge in [-0.2, -0.15) is 20.1 Å². The van der Waals surface area contributed by atoms with Crippen molar-refractivity contribution in [1.82, 2.24) is 40.0 Å². The first kappa shape index (κ1) is 24.9. The van der Waals surface area contributed by atoms with Crippen molar-refractivity contribution in [2.45, 2.75) is 51.0 Å². The predicted molar refractivity (Wildman–Crippen MR) is 144 cm³/mol. The van der Waals surface area contributed by atoms with E-state index in [4.69, 9.17) is 15.0 Å². The van der Waals surface area contributed by atoms with Crippen molar-refractivity contribution in [3.05, 3.63) is 30.4 Å². The maximum absolute atomic E-state index is 13.5. The van der Waals surface area contributed by atoms with E-state index in [-0.39, 0.29) is 11.8 Å². The Bertz CT molecular complexity index is 1350. The lowest BCUT2D eigenvalue weighted by Crippen LogP contribution is -2.52. The highest BCUT2D eigenvalue weighted by molar-refractivity contribution is 5.99. The molecule has 3 aromatic rings. The number of carbonyl (C=O) groups is 2. The van der Waals surface area contributed by atoms with Crippen molar-refractivity contribution in [3.8, 4) is 0 Å². The summed E-state index contributed by atoms with van der Waals surface area (Å²) in [5, 5.41) is 13.6. The second-order valence-electron chi connectivity index (χ2n) is 10.4. The van der Waals surface area contributed by atoms with E-state index in [9.17, 15) is 9.59 Å². The average molecular weight is 533 g/mol. The molecule has 1 atom stereocenters. The van der Waals surface area contributed by atoms with Crippen LogP contribution in [-0.4, -0.2) is 90.1 Å². The van der Waals surface area contributed by atoms with E-state index in [1.54, 1.807) is 13.1 Å². The molecule has 1 saturated carbocycles. The normalized spacial score (nSPS) is 21.2. The Labute approximate surface area is 225 Å². The summed E-state index contributed by atoms with van der Waals surface area (Å²) >= 11 is 0. The lowest BCUT2D eigenvalue weighted by Gasteiger charge is -2.36. The van der Waals surface area contributed by atoms with Crippen LogP contribution in [0.5, 0.6) is 0 Å². The van der Waals surface area contributed by atoms with Gasteiger partial charge in [-0.15, -0.1) is 0 Å². The van der Waals surface area contributed by atoms with Crippen LogP contribution in [0.3, 0.4) is 0 Å². The third kappa shape index (κ3) is 5.18. The summed E-state index contributed by atoms with van der Waals surface area (Å²) in [5.74, 6) is 2.66. The van der Waals surface area contributed by atoms with Gasteiger partial charge < -0.3 is 25.3 Å². The maximum atomic E-state index is 13.5. The quantitative estimate of drug-likeness (QED) is 0.406. The Morgan fingerprint density at radius 2 is 1.82 bits per heavy atom. The van der Waals surface area contributed by atoms with Crippen LogP contribution < -0.4 is 20.4 Å². The van der Waals surface area contributed by atoms with Crippen LogP contribution >= 0.6 is 0 Å². The zero-order valence-electron chi connectivity index (χ0n) is 22.1.